The minimum Gasteiger partial charge on any atom is -0.311 e. The van der Waals surface area contributed by atoms with Crippen LogP contribution in [0.5, 0.6) is 0 Å². The van der Waals surface area contributed by atoms with Gasteiger partial charge >= 0.3 is 0 Å². The van der Waals surface area contributed by atoms with Crippen LogP contribution in [-0.2, 0) is 0 Å². The Morgan fingerprint density at radius 3 is 2.28 bits per heavy atom. The maximum Gasteiger partial charge on any atom is 0.0272 e. The van der Waals surface area contributed by atoms with Crippen molar-refractivity contribution in [3.8, 4) is 0 Å². The van der Waals surface area contributed by atoms with Gasteiger partial charge in [-0.25, -0.2) is 0 Å². The summed E-state index contributed by atoms with van der Waals surface area (Å²) >= 11 is 0. The Bertz CT molecular complexity index is 242. The Kier molecular flexibility index (Phi) is 5.67. The maximum atomic E-state index is 3.76. The first-order chi connectivity index (χ1) is 8.27. The van der Waals surface area contributed by atoms with Crippen LogP contribution in [-0.4, -0.2) is 36.1 Å². The fraction of sp³-hybridized carbons (Fsp3) is 1.00. The molecule has 0 aromatic heterocycles. The van der Waals surface area contributed by atoms with Crippen molar-refractivity contribution >= 4 is 0 Å². The van der Waals surface area contributed by atoms with Crippen LogP contribution in [0.4, 0.5) is 0 Å². The van der Waals surface area contributed by atoms with Gasteiger partial charge < -0.3 is 5.32 Å². The quantitative estimate of drug-likeness (QED) is 0.826. The Morgan fingerprint density at radius 2 is 1.83 bits per heavy atom. The first-order valence-corrected chi connectivity index (χ1v) is 7.76. The van der Waals surface area contributed by atoms with Crippen LogP contribution in [0.25, 0.3) is 0 Å². The van der Waals surface area contributed by atoms with Crippen LogP contribution >= 0.6 is 0 Å². The zero-order valence-electron chi connectivity index (χ0n) is 13.6. The molecule has 0 radical (unpaired) electrons. The van der Waals surface area contributed by atoms with E-state index in [2.05, 4.69) is 58.7 Å². The monoisotopic (exact) mass is 254 g/mol. The average molecular weight is 254 g/mol. The molecule has 0 saturated carbocycles. The predicted octanol–water partition coefficient (Wildman–Crippen LogP) is 3.52. The molecule has 3 unspecified atom stereocenters. The summed E-state index contributed by atoms with van der Waals surface area (Å²) in [6.07, 6.45) is 2.60. The van der Waals surface area contributed by atoms with E-state index in [1.54, 1.807) is 0 Å². The zero-order chi connectivity index (χ0) is 13.9. The summed E-state index contributed by atoms with van der Waals surface area (Å²) in [5.41, 5.74) is 0.358. The fourth-order valence-electron chi connectivity index (χ4n) is 3.12. The van der Waals surface area contributed by atoms with Crippen molar-refractivity contribution in [3.63, 3.8) is 0 Å². The lowest BCUT2D eigenvalue weighted by molar-refractivity contribution is 0.0152. The third-order valence-corrected chi connectivity index (χ3v) is 4.46. The molecule has 18 heavy (non-hydrogen) atoms. The van der Waals surface area contributed by atoms with Gasteiger partial charge in [0.1, 0.15) is 0 Å². The molecule has 0 aromatic carbocycles. The van der Waals surface area contributed by atoms with Crippen LogP contribution in [0.1, 0.15) is 61.3 Å². The van der Waals surface area contributed by atoms with Gasteiger partial charge in [0.2, 0.25) is 0 Å². The number of rotatable bonds is 4. The van der Waals surface area contributed by atoms with Gasteiger partial charge in [0.05, 0.1) is 0 Å². The molecular weight excluding hydrogens is 220 g/mol. The SMILES string of the molecule is CCCC(C)N1CC(C(C)C)NCC1C(C)(C)C. The standard InChI is InChI=1S/C16H34N2/c1-8-9-13(4)18-11-14(12(2)3)17-10-15(18)16(5,6)7/h12-15,17H,8-11H2,1-7H3. The lowest BCUT2D eigenvalue weighted by Crippen LogP contribution is -2.63. The van der Waals surface area contributed by atoms with E-state index in [0.29, 0.717) is 23.5 Å². The summed E-state index contributed by atoms with van der Waals surface area (Å²) in [6, 6.07) is 2.03. The van der Waals surface area contributed by atoms with Gasteiger partial charge in [0.15, 0.2) is 0 Å². The van der Waals surface area contributed by atoms with Crippen molar-refractivity contribution in [1.29, 1.82) is 0 Å². The molecule has 1 aliphatic heterocycles. The van der Waals surface area contributed by atoms with Crippen LogP contribution in [0, 0.1) is 11.3 Å². The fourth-order valence-corrected chi connectivity index (χ4v) is 3.12. The van der Waals surface area contributed by atoms with Crippen molar-refractivity contribution in [2.45, 2.75) is 79.4 Å². The van der Waals surface area contributed by atoms with Gasteiger partial charge in [-0.05, 0) is 24.7 Å². The van der Waals surface area contributed by atoms with Crippen LogP contribution in [0.15, 0.2) is 0 Å². The second kappa shape index (κ2) is 6.38. The summed E-state index contributed by atoms with van der Waals surface area (Å²) in [7, 11) is 0. The van der Waals surface area contributed by atoms with E-state index in [9.17, 15) is 0 Å². The van der Waals surface area contributed by atoms with E-state index in [0.717, 1.165) is 12.5 Å². The highest BCUT2D eigenvalue weighted by atomic mass is 15.3. The number of hydrogen-bond acceptors (Lipinski definition) is 2. The molecule has 2 heteroatoms. The molecule has 1 heterocycles. The smallest absolute Gasteiger partial charge is 0.0272 e. The minimum atomic E-state index is 0.358. The number of nitrogens with zero attached hydrogens (tertiary/aromatic N) is 1. The lowest BCUT2D eigenvalue weighted by atomic mass is 9.82. The molecule has 0 amide bonds. The van der Waals surface area contributed by atoms with Gasteiger partial charge in [-0.15, -0.1) is 0 Å². The highest BCUT2D eigenvalue weighted by Crippen LogP contribution is 2.30. The van der Waals surface area contributed by atoms with Crippen LogP contribution in [0.3, 0.4) is 0 Å². The molecule has 1 aliphatic rings. The molecule has 2 nitrogen and oxygen atoms in total. The zero-order valence-corrected chi connectivity index (χ0v) is 13.6. The summed E-state index contributed by atoms with van der Waals surface area (Å²) < 4.78 is 0. The van der Waals surface area contributed by atoms with Crippen LogP contribution < -0.4 is 5.32 Å². The summed E-state index contributed by atoms with van der Waals surface area (Å²) in [5, 5.41) is 3.76. The summed E-state index contributed by atoms with van der Waals surface area (Å²) in [4.78, 5) is 2.77. The first kappa shape index (κ1) is 16.0. The maximum absolute atomic E-state index is 3.76. The third kappa shape index (κ3) is 3.96. The Balaban J connectivity index is 2.79. The second-order valence-electron chi connectivity index (χ2n) is 7.48. The van der Waals surface area contributed by atoms with Gasteiger partial charge in [-0.2, -0.15) is 0 Å². The molecule has 0 bridgehead atoms. The van der Waals surface area contributed by atoms with E-state index in [1.807, 2.05) is 0 Å². The van der Waals surface area contributed by atoms with E-state index < -0.39 is 0 Å². The normalized spacial score (nSPS) is 28.7. The van der Waals surface area contributed by atoms with Crippen molar-refractivity contribution in [2.24, 2.45) is 11.3 Å². The van der Waals surface area contributed by atoms with E-state index in [-0.39, 0.29) is 0 Å². The molecule has 0 spiro atoms. The Labute approximate surface area is 115 Å². The van der Waals surface area contributed by atoms with Crippen molar-refractivity contribution < 1.29 is 0 Å². The van der Waals surface area contributed by atoms with Crippen LogP contribution in [0.2, 0.25) is 0 Å². The summed E-state index contributed by atoms with van der Waals surface area (Å²) in [6.45, 7) is 18.8. The second-order valence-corrected chi connectivity index (χ2v) is 7.48. The molecular formula is C16H34N2. The van der Waals surface area contributed by atoms with Gasteiger partial charge in [-0.3, -0.25) is 4.90 Å². The number of hydrogen-bond donors (Lipinski definition) is 1. The van der Waals surface area contributed by atoms with Gasteiger partial charge in [0.25, 0.3) is 0 Å². The van der Waals surface area contributed by atoms with Crippen molar-refractivity contribution in [2.75, 3.05) is 13.1 Å². The highest BCUT2D eigenvalue weighted by molar-refractivity contribution is 4.95. The minimum absolute atomic E-state index is 0.358. The van der Waals surface area contributed by atoms with E-state index in [1.165, 1.54) is 19.4 Å². The summed E-state index contributed by atoms with van der Waals surface area (Å²) in [5.74, 6) is 0.724. The third-order valence-electron chi connectivity index (χ3n) is 4.46. The van der Waals surface area contributed by atoms with Gasteiger partial charge in [0, 0.05) is 31.2 Å². The lowest BCUT2D eigenvalue weighted by Gasteiger charge is -2.50. The topological polar surface area (TPSA) is 15.3 Å². The molecule has 1 N–H and O–H groups in total. The Morgan fingerprint density at radius 1 is 1.22 bits per heavy atom. The number of piperazine rings is 1. The largest absolute Gasteiger partial charge is 0.311 e. The molecule has 1 fully saturated rings. The average Bonchev–Trinajstić information content (AvgIpc) is 2.27. The predicted molar refractivity (Wildman–Crippen MR) is 80.9 cm³/mol. The van der Waals surface area contributed by atoms with E-state index >= 15 is 0 Å². The van der Waals surface area contributed by atoms with E-state index in [4.69, 9.17) is 0 Å². The van der Waals surface area contributed by atoms with Crippen molar-refractivity contribution in [3.05, 3.63) is 0 Å². The first-order valence-electron chi connectivity index (χ1n) is 7.76. The molecule has 3 atom stereocenters. The molecule has 0 aromatic rings. The highest BCUT2D eigenvalue weighted by Gasteiger charge is 2.37. The molecule has 1 rings (SSSR count). The molecule has 1 saturated heterocycles. The molecule has 108 valence electrons. The van der Waals surface area contributed by atoms with Crippen molar-refractivity contribution in [1.82, 2.24) is 10.2 Å². The number of nitrogens with one attached hydrogen (secondary N) is 1. The van der Waals surface area contributed by atoms with Gasteiger partial charge in [-0.1, -0.05) is 48.0 Å². The Hall–Kier alpha value is -0.0800. The molecule has 0 aliphatic carbocycles.